The lowest BCUT2D eigenvalue weighted by Gasteiger charge is -2.36. The van der Waals surface area contributed by atoms with Crippen molar-refractivity contribution in [1.29, 1.82) is 0 Å². The van der Waals surface area contributed by atoms with Crippen LogP contribution in [0, 0.1) is 11.8 Å². The Kier molecular flexibility index (Phi) is 5.77. The number of hydrogen-bond acceptors (Lipinski definition) is 6. The molecule has 0 spiro atoms. The molecular formula is C19H21ClN4O3S. The number of nitrogens with one attached hydrogen (secondary N) is 1. The highest BCUT2D eigenvalue weighted by Gasteiger charge is 2.39. The third-order valence-electron chi connectivity index (χ3n) is 5.27. The Morgan fingerprint density at radius 3 is 2.43 bits per heavy atom. The fourth-order valence-electron chi connectivity index (χ4n) is 3.68. The van der Waals surface area contributed by atoms with Gasteiger partial charge in [0.1, 0.15) is 6.33 Å². The summed E-state index contributed by atoms with van der Waals surface area (Å²) in [5, 5.41) is 3.22. The average Bonchev–Trinajstić information content (AvgIpc) is 3.46. The molecule has 7 nitrogen and oxygen atoms in total. The lowest BCUT2D eigenvalue weighted by Crippen LogP contribution is -2.48. The molecule has 2 aliphatic rings. The van der Waals surface area contributed by atoms with E-state index < -0.39 is 0 Å². The van der Waals surface area contributed by atoms with Gasteiger partial charge in [-0.1, -0.05) is 11.6 Å². The van der Waals surface area contributed by atoms with Gasteiger partial charge in [0.25, 0.3) is 5.91 Å². The van der Waals surface area contributed by atoms with Crippen LogP contribution in [0.1, 0.15) is 35.4 Å². The van der Waals surface area contributed by atoms with Gasteiger partial charge in [-0.15, -0.1) is 11.3 Å². The predicted molar refractivity (Wildman–Crippen MR) is 106 cm³/mol. The van der Waals surface area contributed by atoms with E-state index >= 15 is 0 Å². The molecule has 9 heteroatoms. The highest BCUT2D eigenvalue weighted by Crippen LogP contribution is 2.39. The van der Waals surface area contributed by atoms with Crippen LogP contribution in [0.15, 0.2) is 30.9 Å². The second-order valence-corrected chi connectivity index (χ2v) is 8.92. The largest absolute Gasteiger partial charge is 0.415 e. The van der Waals surface area contributed by atoms with E-state index in [9.17, 15) is 9.59 Å². The molecule has 1 N–H and O–H groups in total. The van der Waals surface area contributed by atoms with Crippen molar-refractivity contribution in [3.8, 4) is 5.75 Å². The number of amides is 2. The Hall–Kier alpha value is -2.19. The van der Waals surface area contributed by atoms with E-state index in [-0.39, 0.29) is 18.0 Å². The summed E-state index contributed by atoms with van der Waals surface area (Å²) in [5.74, 6) is 1.17. The standard InChI is InChI=1S/C19H21ClN4O3S/c20-16-4-3-15(28-16)18(25)23-17(12-1-2-12)13-5-7-24(8-6-13)19(26)27-14-9-21-11-22-10-14/h3-4,9-13,17H,1-2,5-8H2,(H,23,25). The molecule has 1 atom stereocenters. The topological polar surface area (TPSA) is 84.4 Å². The monoisotopic (exact) mass is 420 g/mol. The summed E-state index contributed by atoms with van der Waals surface area (Å²) >= 11 is 7.25. The number of ether oxygens (including phenoxy) is 1. The Bertz CT molecular complexity index is 835. The van der Waals surface area contributed by atoms with Gasteiger partial charge in [0.05, 0.1) is 21.6 Å². The SMILES string of the molecule is O=C(NC(C1CC1)C1CCN(C(=O)Oc2cncnc2)CC1)c1ccc(Cl)s1. The molecule has 1 saturated carbocycles. The first-order valence-electron chi connectivity index (χ1n) is 9.38. The van der Waals surface area contributed by atoms with E-state index in [4.69, 9.17) is 16.3 Å². The van der Waals surface area contributed by atoms with Gasteiger partial charge in [0.15, 0.2) is 5.75 Å². The summed E-state index contributed by atoms with van der Waals surface area (Å²) in [7, 11) is 0. The minimum absolute atomic E-state index is 0.0558. The molecule has 0 radical (unpaired) electrons. The Labute approximate surface area is 172 Å². The van der Waals surface area contributed by atoms with Crippen LogP contribution in [0.5, 0.6) is 5.75 Å². The normalized spacial score (nSPS) is 18.5. The van der Waals surface area contributed by atoms with Crippen LogP contribution in [0.25, 0.3) is 0 Å². The molecule has 1 unspecified atom stereocenters. The first kappa shape index (κ1) is 19.1. The summed E-state index contributed by atoms with van der Waals surface area (Å²) in [6.45, 7) is 1.22. The van der Waals surface area contributed by atoms with Crippen LogP contribution in [-0.2, 0) is 0 Å². The number of piperidine rings is 1. The van der Waals surface area contributed by atoms with E-state index in [1.165, 1.54) is 30.1 Å². The summed E-state index contributed by atoms with van der Waals surface area (Å²) in [6, 6.07) is 3.65. The highest BCUT2D eigenvalue weighted by molar-refractivity contribution is 7.18. The number of halogens is 1. The molecule has 3 heterocycles. The maximum Gasteiger partial charge on any atom is 0.415 e. The van der Waals surface area contributed by atoms with Gasteiger partial charge in [-0.3, -0.25) is 4.79 Å². The van der Waals surface area contributed by atoms with Crippen molar-refractivity contribution in [2.75, 3.05) is 13.1 Å². The Morgan fingerprint density at radius 1 is 1.14 bits per heavy atom. The molecule has 1 saturated heterocycles. The molecule has 0 aromatic carbocycles. The first-order chi connectivity index (χ1) is 13.6. The van der Waals surface area contributed by atoms with E-state index in [0.717, 1.165) is 25.7 Å². The molecule has 2 amide bonds. The number of aromatic nitrogens is 2. The minimum atomic E-state index is -0.381. The highest BCUT2D eigenvalue weighted by atomic mass is 35.5. The number of rotatable bonds is 5. The second-order valence-electron chi connectivity index (χ2n) is 7.21. The van der Waals surface area contributed by atoms with Crippen LogP contribution in [0.3, 0.4) is 0 Å². The number of hydrogen-bond donors (Lipinski definition) is 1. The molecule has 28 heavy (non-hydrogen) atoms. The van der Waals surface area contributed by atoms with Crippen LogP contribution in [0.4, 0.5) is 4.79 Å². The number of thiophene rings is 1. The Balaban J connectivity index is 1.32. The van der Waals surface area contributed by atoms with Gasteiger partial charge in [0.2, 0.25) is 0 Å². The van der Waals surface area contributed by atoms with E-state index in [1.54, 1.807) is 17.0 Å². The molecule has 1 aliphatic carbocycles. The van der Waals surface area contributed by atoms with Gasteiger partial charge in [-0.25, -0.2) is 14.8 Å². The molecule has 2 fully saturated rings. The van der Waals surface area contributed by atoms with Crippen molar-refractivity contribution in [2.45, 2.75) is 31.7 Å². The van der Waals surface area contributed by atoms with Crippen molar-refractivity contribution in [3.63, 3.8) is 0 Å². The average molecular weight is 421 g/mol. The molecule has 1 aliphatic heterocycles. The Morgan fingerprint density at radius 2 is 1.82 bits per heavy atom. The van der Waals surface area contributed by atoms with Gasteiger partial charge in [-0.2, -0.15) is 0 Å². The molecular weight excluding hydrogens is 400 g/mol. The maximum absolute atomic E-state index is 12.6. The molecule has 0 bridgehead atoms. The van der Waals surface area contributed by atoms with Gasteiger partial charge >= 0.3 is 6.09 Å². The second kappa shape index (κ2) is 8.45. The maximum atomic E-state index is 12.6. The molecule has 2 aromatic rings. The summed E-state index contributed by atoms with van der Waals surface area (Å²) < 4.78 is 5.93. The quantitative estimate of drug-likeness (QED) is 0.798. The number of carbonyl (C=O) groups is 2. The van der Waals surface area contributed by atoms with Crippen molar-refractivity contribution in [1.82, 2.24) is 20.2 Å². The zero-order valence-electron chi connectivity index (χ0n) is 15.2. The smallest absolute Gasteiger partial charge is 0.407 e. The zero-order chi connectivity index (χ0) is 19.5. The van der Waals surface area contributed by atoms with Gasteiger partial charge in [0, 0.05) is 19.1 Å². The third-order valence-corrected chi connectivity index (χ3v) is 6.50. The fourth-order valence-corrected chi connectivity index (χ4v) is 4.63. The molecule has 148 valence electrons. The molecule has 2 aromatic heterocycles. The van der Waals surface area contributed by atoms with Crippen LogP contribution in [-0.4, -0.2) is 46.0 Å². The van der Waals surface area contributed by atoms with Crippen LogP contribution in [0.2, 0.25) is 4.34 Å². The van der Waals surface area contributed by atoms with Crippen molar-refractivity contribution in [3.05, 3.63) is 40.1 Å². The lowest BCUT2D eigenvalue weighted by atomic mass is 9.86. The number of carbonyl (C=O) groups excluding carboxylic acids is 2. The van der Waals surface area contributed by atoms with Crippen molar-refractivity contribution >= 4 is 34.9 Å². The van der Waals surface area contributed by atoms with E-state index in [2.05, 4.69) is 15.3 Å². The van der Waals surface area contributed by atoms with Crippen molar-refractivity contribution in [2.24, 2.45) is 11.8 Å². The summed E-state index contributed by atoms with van der Waals surface area (Å²) in [4.78, 5) is 34.9. The number of nitrogens with zero attached hydrogens (tertiary/aromatic N) is 3. The summed E-state index contributed by atoms with van der Waals surface area (Å²) in [6.07, 6.45) is 7.91. The van der Waals surface area contributed by atoms with E-state index in [1.807, 2.05) is 0 Å². The summed E-state index contributed by atoms with van der Waals surface area (Å²) in [5.41, 5.74) is 0. The first-order valence-corrected chi connectivity index (χ1v) is 10.6. The minimum Gasteiger partial charge on any atom is -0.407 e. The van der Waals surface area contributed by atoms with Crippen LogP contribution >= 0.6 is 22.9 Å². The van der Waals surface area contributed by atoms with Crippen LogP contribution < -0.4 is 10.1 Å². The number of likely N-dealkylation sites (tertiary alicyclic amines) is 1. The van der Waals surface area contributed by atoms with E-state index in [0.29, 0.717) is 39.9 Å². The fraction of sp³-hybridized carbons (Fsp3) is 0.474. The van der Waals surface area contributed by atoms with Gasteiger partial charge in [-0.05, 0) is 49.7 Å². The predicted octanol–water partition coefficient (Wildman–Crippen LogP) is 3.61. The lowest BCUT2D eigenvalue weighted by molar-refractivity contribution is 0.0874. The zero-order valence-corrected chi connectivity index (χ0v) is 16.8. The molecule has 4 rings (SSSR count). The third kappa shape index (κ3) is 4.62. The van der Waals surface area contributed by atoms with Gasteiger partial charge < -0.3 is 15.0 Å². The van der Waals surface area contributed by atoms with Crippen molar-refractivity contribution < 1.29 is 14.3 Å².